The number of nitro groups is 2. The van der Waals surface area contributed by atoms with Crippen LogP contribution in [0.15, 0.2) is 65.8 Å². The van der Waals surface area contributed by atoms with Crippen molar-refractivity contribution in [2.24, 2.45) is 5.10 Å². The Balaban J connectivity index is 1.65. The zero-order valence-electron chi connectivity index (χ0n) is 19.5. The number of rotatable bonds is 7. The van der Waals surface area contributed by atoms with Gasteiger partial charge < -0.3 is 10.1 Å². The second kappa shape index (κ2) is 10.9. The summed E-state index contributed by atoms with van der Waals surface area (Å²) in [6.07, 6.45) is 0. The lowest BCUT2D eigenvalue weighted by molar-refractivity contribution is -0.394. The van der Waals surface area contributed by atoms with Crippen molar-refractivity contribution in [2.45, 2.75) is 20.8 Å². The number of ether oxygens (including phenoxy) is 1. The van der Waals surface area contributed by atoms with Crippen LogP contribution in [0.1, 0.15) is 23.6 Å². The number of nitrogens with one attached hydrogen (secondary N) is 2. The van der Waals surface area contributed by atoms with Gasteiger partial charge in [-0.1, -0.05) is 6.07 Å². The summed E-state index contributed by atoms with van der Waals surface area (Å²) >= 11 is 0. The molecule has 0 aliphatic carbocycles. The van der Waals surface area contributed by atoms with Crippen molar-refractivity contribution in [3.8, 4) is 11.5 Å². The van der Waals surface area contributed by atoms with E-state index in [4.69, 9.17) is 4.74 Å². The van der Waals surface area contributed by atoms with E-state index in [0.717, 1.165) is 29.3 Å². The SMILES string of the molecule is C/C(=N\NC(=O)C(=O)Nc1cc(C)cc(C)c1)c1ccc(Oc2ccc([N+](=O)[O-])cc2[N+](=O)[O-])cc1. The Morgan fingerprint density at radius 3 is 2.08 bits per heavy atom. The molecule has 12 nitrogen and oxygen atoms in total. The second-order valence-electron chi connectivity index (χ2n) is 7.76. The molecule has 0 aliphatic heterocycles. The van der Waals surface area contributed by atoms with Crippen LogP contribution >= 0.6 is 0 Å². The Hall–Kier alpha value is -5.13. The molecular weight excluding hydrogens is 470 g/mol. The normalized spacial score (nSPS) is 10.9. The van der Waals surface area contributed by atoms with Crippen LogP contribution in [0.3, 0.4) is 0 Å². The van der Waals surface area contributed by atoms with Crippen molar-refractivity contribution in [2.75, 3.05) is 5.32 Å². The van der Waals surface area contributed by atoms with E-state index in [0.29, 0.717) is 17.0 Å². The first-order valence-corrected chi connectivity index (χ1v) is 10.5. The molecule has 3 rings (SSSR count). The summed E-state index contributed by atoms with van der Waals surface area (Å²) in [5.41, 5.74) is 4.56. The molecule has 3 aromatic carbocycles. The van der Waals surface area contributed by atoms with Crippen molar-refractivity contribution in [1.82, 2.24) is 5.43 Å². The van der Waals surface area contributed by atoms with E-state index >= 15 is 0 Å². The molecule has 12 heteroatoms. The van der Waals surface area contributed by atoms with Gasteiger partial charge in [-0.25, -0.2) is 5.43 Å². The number of non-ortho nitro benzene ring substituents is 1. The summed E-state index contributed by atoms with van der Waals surface area (Å²) in [6.45, 7) is 5.36. The van der Waals surface area contributed by atoms with Gasteiger partial charge in [-0.05, 0) is 79.9 Å². The molecule has 0 aliphatic rings. The maximum atomic E-state index is 12.1. The Morgan fingerprint density at radius 1 is 0.861 bits per heavy atom. The molecule has 0 bridgehead atoms. The highest BCUT2D eigenvalue weighted by Gasteiger charge is 2.21. The summed E-state index contributed by atoms with van der Waals surface area (Å²) in [4.78, 5) is 44.9. The quantitative estimate of drug-likeness (QED) is 0.214. The highest BCUT2D eigenvalue weighted by atomic mass is 16.6. The van der Waals surface area contributed by atoms with Crippen LogP contribution in [0, 0.1) is 34.1 Å². The third kappa shape index (κ3) is 6.47. The topological polar surface area (TPSA) is 166 Å². The van der Waals surface area contributed by atoms with Gasteiger partial charge in [0.2, 0.25) is 5.75 Å². The highest BCUT2D eigenvalue weighted by Crippen LogP contribution is 2.34. The molecule has 0 saturated carbocycles. The van der Waals surface area contributed by atoms with Crippen molar-refractivity contribution >= 4 is 34.6 Å². The van der Waals surface area contributed by atoms with E-state index in [2.05, 4.69) is 15.8 Å². The minimum absolute atomic E-state index is 0.161. The number of nitro benzene ring substituents is 2. The van der Waals surface area contributed by atoms with Gasteiger partial charge in [0.1, 0.15) is 5.75 Å². The number of hydrogen-bond acceptors (Lipinski definition) is 8. The average molecular weight is 491 g/mol. The number of aryl methyl sites for hydroxylation is 2. The van der Waals surface area contributed by atoms with Gasteiger partial charge in [0.25, 0.3) is 5.69 Å². The van der Waals surface area contributed by atoms with Gasteiger partial charge in [-0.2, -0.15) is 5.10 Å². The maximum Gasteiger partial charge on any atom is 0.329 e. The van der Waals surface area contributed by atoms with Gasteiger partial charge in [-0.3, -0.25) is 29.8 Å². The van der Waals surface area contributed by atoms with Crippen LogP contribution in [0.5, 0.6) is 11.5 Å². The van der Waals surface area contributed by atoms with Crippen molar-refractivity contribution in [1.29, 1.82) is 0 Å². The summed E-state index contributed by atoms with van der Waals surface area (Å²) in [6, 6.07) is 14.7. The van der Waals surface area contributed by atoms with E-state index in [1.807, 2.05) is 19.9 Å². The van der Waals surface area contributed by atoms with Crippen LogP contribution in [0.25, 0.3) is 0 Å². The van der Waals surface area contributed by atoms with Crippen LogP contribution in [-0.4, -0.2) is 27.4 Å². The Kier molecular flexibility index (Phi) is 7.69. The molecule has 0 spiro atoms. The van der Waals surface area contributed by atoms with E-state index < -0.39 is 33.0 Å². The van der Waals surface area contributed by atoms with E-state index in [-0.39, 0.29) is 11.5 Å². The molecule has 0 heterocycles. The van der Waals surface area contributed by atoms with Crippen LogP contribution in [0.2, 0.25) is 0 Å². The van der Waals surface area contributed by atoms with Crippen LogP contribution in [0.4, 0.5) is 17.1 Å². The summed E-state index contributed by atoms with van der Waals surface area (Å²) < 4.78 is 5.52. The molecule has 0 fully saturated rings. The predicted molar refractivity (Wildman–Crippen MR) is 131 cm³/mol. The number of amides is 2. The third-order valence-corrected chi connectivity index (χ3v) is 4.86. The van der Waals surface area contributed by atoms with E-state index in [1.54, 1.807) is 31.2 Å². The highest BCUT2D eigenvalue weighted by molar-refractivity contribution is 6.39. The molecular formula is C24H21N5O7. The van der Waals surface area contributed by atoms with E-state index in [1.165, 1.54) is 12.1 Å². The molecule has 0 unspecified atom stereocenters. The van der Waals surface area contributed by atoms with Crippen molar-refractivity contribution in [3.05, 3.63) is 97.6 Å². The van der Waals surface area contributed by atoms with Crippen LogP contribution in [-0.2, 0) is 9.59 Å². The smallest absolute Gasteiger partial charge is 0.329 e. The molecule has 0 saturated heterocycles. The Morgan fingerprint density at radius 2 is 1.50 bits per heavy atom. The Labute approximate surface area is 204 Å². The van der Waals surface area contributed by atoms with Gasteiger partial charge >= 0.3 is 17.5 Å². The second-order valence-corrected chi connectivity index (χ2v) is 7.76. The number of carbonyl (C=O) groups is 2. The maximum absolute atomic E-state index is 12.1. The van der Waals surface area contributed by atoms with E-state index in [9.17, 15) is 29.8 Å². The lowest BCUT2D eigenvalue weighted by Crippen LogP contribution is -2.33. The predicted octanol–water partition coefficient (Wildman–Crippen LogP) is 4.39. The zero-order valence-corrected chi connectivity index (χ0v) is 19.5. The fourth-order valence-corrected chi connectivity index (χ4v) is 3.22. The van der Waals surface area contributed by atoms with Crippen molar-refractivity contribution in [3.63, 3.8) is 0 Å². The van der Waals surface area contributed by atoms with Crippen molar-refractivity contribution < 1.29 is 24.2 Å². The first-order valence-electron chi connectivity index (χ1n) is 10.5. The molecule has 3 aromatic rings. The first-order chi connectivity index (χ1) is 17.0. The summed E-state index contributed by atoms with van der Waals surface area (Å²) in [5, 5.41) is 28.6. The van der Waals surface area contributed by atoms with Gasteiger partial charge in [0.15, 0.2) is 0 Å². The van der Waals surface area contributed by atoms with Gasteiger partial charge in [-0.15, -0.1) is 0 Å². The first kappa shape index (κ1) is 25.5. The average Bonchev–Trinajstić information content (AvgIpc) is 2.82. The minimum Gasteiger partial charge on any atom is -0.450 e. The number of anilines is 1. The van der Waals surface area contributed by atoms with Gasteiger partial charge in [0.05, 0.1) is 21.6 Å². The minimum atomic E-state index is -0.945. The molecule has 36 heavy (non-hydrogen) atoms. The lowest BCUT2D eigenvalue weighted by atomic mass is 10.1. The standard InChI is InChI=1S/C24H21N5O7/c1-14-10-15(2)12-18(11-14)25-23(30)24(31)27-26-16(3)17-4-7-20(8-5-17)36-22-9-6-19(28(32)33)13-21(22)29(34)35/h4-13H,1-3H3,(H,25,30)(H,27,31)/b26-16+. The molecule has 184 valence electrons. The fraction of sp³-hybridized carbons (Fsp3) is 0.125. The van der Waals surface area contributed by atoms with Gasteiger partial charge in [0, 0.05) is 11.8 Å². The lowest BCUT2D eigenvalue weighted by Gasteiger charge is -2.08. The Bertz CT molecular complexity index is 1360. The molecule has 0 aromatic heterocycles. The number of hydrazone groups is 1. The van der Waals surface area contributed by atoms with Crippen LogP contribution < -0.4 is 15.5 Å². The number of benzene rings is 3. The summed E-state index contributed by atoms with van der Waals surface area (Å²) in [5.74, 6) is -1.74. The largest absolute Gasteiger partial charge is 0.450 e. The third-order valence-electron chi connectivity index (χ3n) is 4.86. The molecule has 0 atom stereocenters. The number of carbonyl (C=O) groups excluding carboxylic acids is 2. The summed E-state index contributed by atoms with van der Waals surface area (Å²) in [7, 11) is 0. The number of nitrogens with zero attached hydrogens (tertiary/aromatic N) is 3. The fourth-order valence-electron chi connectivity index (χ4n) is 3.22. The zero-order chi connectivity index (χ0) is 26.4. The molecule has 0 radical (unpaired) electrons. The number of hydrogen-bond donors (Lipinski definition) is 2. The molecule has 2 N–H and O–H groups in total. The monoisotopic (exact) mass is 491 g/mol. The molecule has 2 amide bonds.